The number of anilines is 2. The average molecular weight is 661 g/mol. The zero-order valence-corrected chi connectivity index (χ0v) is 26.5. The number of nitrogens with zero attached hydrogens (tertiary/aromatic N) is 6. The topological polar surface area (TPSA) is 148 Å². The Bertz CT molecular complexity index is 1850. The molecule has 12 nitrogen and oxygen atoms in total. The number of hydrogen-bond acceptors (Lipinski definition) is 9. The lowest BCUT2D eigenvalue weighted by Gasteiger charge is -2.38. The normalized spacial score (nSPS) is 17.0. The van der Waals surface area contributed by atoms with Gasteiger partial charge in [0.2, 0.25) is 5.91 Å². The lowest BCUT2D eigenvalue weighted by atomic mass is 9.94. The molecule has 244 valence electrons. The van der Waals surface area contributed by atoms with Crippen molar-refractivity contribution >= 4 is 40.6 Å². The van der Waals surface area contributed by atoms with Crippen LogP contribution in [-0.4, -0.2) is 93.1 Å². The van der Waals surface area contributed by atoms with Gasteiger partial charge in [-0.1, -0.05) is 11.6 Å². The van der Waals surface area contributed by atoms with Crippen LogP contribution in [0, 0.1) is 30.0 Å². The zero-order valence-electron chi connectivity index (χ0n) is 25.7. The number of fused-ring (bicyclic) bond motifs is 1. The third-order valence-electron chi connectivity index (χ3n) is 8.68. The highest BCUT2D eigenvalue weighted by Crippen LogP contribution is 2.36. The summed E-state index contributed by atoms with van der Waals surface area (Å²) in [7, 11) is 0. The van der Waals surface area contributed by atoms with Crippen molar-refractivity contribution in [2.24, 2.45) is 5.92 Å². The number of amides is 2. The Labute approximate surface area is 275 Å². The van der Waals surface area contributed by atoms with E-state index in [1.54, 1.807) is 52.2 Å². The van der Waals surface area contributed by atoms with Gasteiger partial charge in [-0.25, -0.2) is 14.4 Å². The number of hydrogen-bond donors (Lipinski definition) is 3. The summed E-state index contributed by atoms with van der Waals surface area (Å²) >= 11 is 6.35. The van der Waals surface area contributed by atoms with Gasteiger partial charge in [0.05, 0.1) is 23.5 Å². The summed E-state index contributed by atoms with van der Waals surface area (Å²) in [5.74, 6) is -0.527. The number of aliphatic hydroxyl groups excluding tert-OH is 1. The molecule has 0 bridgehead atoms. The molecule has 14 heteroatoms. The number of carbonyl (C=O) groups excluding carboxylic acids is 2. The maximum Gasteiger partial charge on any atom is 0.254 e. The SMILES string of the molecule is Cc1cc(Nc2nccn3c(-c4ccc(OCC#N)c(F)c4Cl)cnc23)ccc1C(=O)N1CCC(C(=O)N2CCNC(CO)C2)CC1. The fraction of sp³-hybridized carbons (Fsp3) is 0.364. The number of nitriles is 1. The summed E-state index contributed by atoms with van der Waals surface area (Å²) in [5, 5.41) is 24.5. The minimum absolute atomic E-state index is 0.00377. The molecule has 0 saturated carbocycles. The first-order chi connectivity index (χ1) is 22.8. The number of aliphatic hydroxyl groups is 1. The molecule has 2 aliphatic rings. The van der Waals surface area contributed by atoms with E-state index in [0.29, 0.717) is 79.5 Å². The number of rotatable bonds is 8. The highest BCUT2D eigenvalue weighted by Gasteiger charge is 2.33. The molecule has 0 radical (unpaired) electrons. The summed E-state index contributed by atoms with van der Waals surface area (Å²) in [6, 6.07) is 10.2. The molecular weight excluding hydrogens is 627 g/mol. The Balaban J connectivity index is 1.13. The predicted octanol–water partition coefficient (Wildman–Crippen LogP) is 3.79. The highest BCUT2D eigenvalue weighted by molar-refractivity contribution is 6.33. The molecular formula is C33H34ClFN8O4. The molecule has 2 saturated heterocycles. The smallest absolute Gasteiger partial charge is 0.254 e. The number of carbonyl (C=O) groups is 2. The quantitative estimate of drug-likeness (QED) is 0.257. The van der Waals surface area contributed by atoms with Crippen molar-refractivity contribution in [2.45, 2.75) is 25.8 Å². The summed E-state index contributed by atoms with van der Waals surface area (Å²) in [4.78, 5) is 39.1. The molecule has 6 rings (SSSR count). The predicted molar refractivity (Wildman–Crippen MR) is 173 cm³/mol. The Morgan fingerprint density at radius 3 is 2.74 bits per heavy atom. The Kier molecular flexibility index (Phi) is 9.53. The van der Waals surface area contributed by atoms with Gasteiger partial charge in [0, 0.05) is 73.9 Å². The first-order valence-electron chi connectivity index (χ1n) is 15.4. The van der Waals surface area contributed by atoms with Gasteiger partial charge < -0.3 is 30.3 Å². The van der Waals surface area contributed by atoms with Crippen LogP contribution in [0.1, 0.15) is 28.8 Å². The molecule has 4 aromatic rings. The molecule has 2 fully saturated rings. The largest absolute Gasteiger partial charge is 0.476 e. The number of aryl methyl sites for hydroxylation is 1. The van der Waals surface area contributed by atoms with Crippen LogP contribution in [0.3, 0.4) is 0 Å². The number of halogens is 2. The third-order valence-corrected chi connectivity index (χ3v) is 9.05. The van der Waals surface area contributed by atoms with Gasteiger partial charge in [0.1, 0.15) is 6.07 Å². The van der Waals surface area contributed by atoms with Crippen molar-refractivity contribution < 1.29 is 23.8 Å². The van der Waals surface area contributed by atoms with E-state index in [2.05, 4.69) is 20.6 Å². The lowest BCUT2D eigenvalue weighted by molar-refractivity contribution is -0.138. The van der Waals surface area contributed by atoms with Crippen molar-refractivity contribution in [3.63, 3.8) is 0 Å². The van der Waals surface area contributed by atoms with Crippen molar-refractivity contribution in [3.05, 3.63) is 70.9 Å². The number of piperazine rings is 1. The minimum Gasteiger partial charge on any atom is -0.476 e. The molecule has 3 N–H and O–H groups in total. The van der Waals surface area contributed by atoms with Crippen LogP contribution in [0.25, 0.3) is 16.9 Å². The Hall–Kier alpha value is -4.77. The average Bonchev–Trinajstić information content (AvgIpc) is 3.53. The standard InChI is InChI=1S/C33H34ClFN8O4/c1-20-16-22(2-3-24(20)33(46)41-11-6-21(7-12-41)32(45)42-13-9-37-23(18-42)19-44)40-30-31-39-17-26(43(31)14-10-38-30)25-4-5-27(47-15-8-36)29(35)28(25)34/h2-5,10,14,16-17,21,23,37,44H,6-7,9,11-13,15,18-19H2,1H3,(H,38,40). The molecule has 0 aliphatic carbocycles. The van der Waals surface area contributed by atoms with E-state index in [0.717, 1.165) is 5.56 Å². The van der Waals surface area contributed by atoms with Crippen LogP contribution in [-0.2, 0) is 4.79 Å². The van der Waals surface area contributed by atoms with Crippen molar-refractivity contribution in [1.29, 1.82) is 5.26 Å². The van der Waals surface area contributed by atoms with E-state index in [-0.39, 0.29) is 47.8 Å². The summed E-state index contributed by atoms with van der Waals surface area (Å²) in [5.41, 5.74) is 3.48. The van der Waals surface area contributed by atoms with Gasteiger partial charge in [-0.15, -0.1) is 0 Å². The Morgan fingerprint density at radius 1 is 1.19 bits per heavy atom. The number of nitrogens with one attached hydrogen (secondary N) is 2. The van der Waals surface area contributed by atoms with Gasteiger partial charge >= 0.3 is 0 Å². The van der Waals surface area contributed by atoms with E-state index < -0.39 is 5.82 Å². The molecule has 2 aromatic carbocycles. The van der Waals surface area contributed by atoms with Gasteiger partial charge in [0.15, 0.2) is 29.6 Å². The van der Waals surface area contributed by atoms with Crippen LogP contribution in [0.5, 0.6) is 5.75 Å². The number of piperidine rings is 1. The number of likely N-dealkylation sites (tertiary alicyclic amines) is 1. The van der Waals surface area contributed by atoms with Crippen LogP contribution in [0.4, 0.5) is 15.9 Å². The van der Waals surface area contributed by atoms with Gasteiger partial charge in [-0.05, 0) is 55.7 Å². The van der Waals surface area contributed by atoms with E-state index in [1.165, 1.54) is 6.07 Å². The van der Waals surface area contributed by atoms with Crippen molar-refractivity contribution in [3.8, 4) is 23.1 Å². The number of aromatic nitrogens is 3. The van der Waals surface area contributed by atoms with Gasteiger partial charge in [0.25, 0.3) is 5.91 Å². The molecule has 0 spiro atoms. The molecule has 2 aromatic heterocycles. The molecule has 2 aliphatic heterocycles. The van der Waals surface area contributed by atoms with Crippen LogP contribution in [0.15, 0.2) is 48.9 Å². The van der Waals surface area contributed by atoms with Crippen LogP contribution in [0.2, 0.25) is 5.02 Å². The molecule has 1 unspecified atom stereocenters. The van der Waals surface area contributed by atoms with E-state index in [4.69, 9.17) is 21.6 Å². The lowest BCUT2D eigenvalue weighted by Crippen LogP contribution is -2.56. The second kappa shape index (κ2) is 13.9. The first kappa shape index (κ1) is 32.2. The highest BCUT2D eigenvalue weighted by atomic mass is 35.5. The van der Waals surface area contributed by atoms with Gasteiger partial charge in [-0.2, -0.15) is 5.26 Å². The second-order valence-corrected chi connectivity index (χ2v) is 12.0. The van der Waals surface area contributed by atoms with Crippen LogP contribution < -0.4 is 15.4 Å². The van der Waals surface area contributed by atoms with Crippen molar-refractivity contribution in [1.82, 2.24) is 29.5 Å². The fourth-order valence-corrected chi connectivity index (χ4v) is 6.43. The van der Waals surface area contributed by atoms with E-state index in [9.17, 15) is 19.1 Å². The second-order valence-electron chi connectivity index (χ2n) is 11.6. The van der Waals surface area contributed by atoms with E-state index >= 15 is 0 Å². The minimum atomic E-state index is -0.767. The maximum atomic E-state index is 14.9. The van der Waals surface area contributed by atoms with Crippen molar-refractivity contribution in [2.75, 3.05) is 51.3 Å². The number of imidazole rings is 1. The summed E-state index contributed by atoms with van der Waals surface area (Å²) in [6.45, 7) is 4.37. The van der Waals surface area contributed by atoms with Gasteiger partial charge in [-0.3, -0.25) is 14.0 Å². The number of ether oxygens (including phenoxy) is 1. The fourth-order valence-electron chi connectivity index (χ4n) is 6.18. The third kappa shape index (κ3) is 6.58. The zero-order chi connectivity index (χ0) is 33.1. The monoisotopic (exact) mass is 660 g/mol. The summed E-state index contributed by atoms with van der Waals surface area (Å²) < 4.78 is 21.7. The summed E-state index contributed by atoms with van der Waals surface area (Å²) in [6.07, 6.45) is 6.06. The molecule has 4 heterocycles. The molecule has 1 atom stereocenters. The number of benzene rings is 2. The van der Waals surface area contributed by atoms with Crippen LogP contribution >= 0.6 is 11.6 Å². The molecule has 47 heavy (non-hydrogen) atoms. The maximum absolute atomic E-state index is 14.9. The molecule has 2 amide bonds. The van der Waals surface area contributed by atoms with E-state index in [1.807, 2.05) is 17.9 Å². The Morgan fingerprint density at radius 2 is 2.00 bits per heavy atom. The first-order valence-corrected chi connectivity index (χ1v) is 15.8.